The Labute approximate surface area is 142 Å². The molecule has 0 bridgehead atoms. The molecule has 1 aromatic carbocycles. The zero-order chi connectivity index (χ0) is 16.4. The predicted molar refractivity (Wildman–Crippen MR) is 96.6 cm³/mol. The van der Waals surface area contributed by atoms with Crippen molar-refractivity contribution in [3.8, 4) is 22.4 Å². The Bertz CT molecular complexity index is 835. The first-order chi connectivity index (χ1) is 10.9. The lowest BCUT2D eigenvalue weighted by molar-refractivity contribution is 0.569. The van der Waals surface area contributed by atoms with Crippen LogP contribution in [0, 0.1) is 0 Å². The summed E-state index contributed by atoms with van der Waals surface area (Å²) in [5.41, 5.74) is 5.14. The summed E-state index contributed by atoms with van der Waals surface area (Å²) in [6, 6.07) is 16.0. The van der Waals surface area contributed by atoms with Gasteiger partial charge in [-0.1, -0.05) is 50.6 Å². The van der Waals surface area contributed by atoms with Crippen molar-refractivity contribution in [1.82, 2.24) is 9.97 Å². The molecule has 2 aromatic heterocycles. The van der Waals surface area contributed by atoms with Gasteiger partial charge in [-0.05, 0) is 35.9 Å². The van der Waals surface area contributed by atoms with Crippen LogP contribution in [0.25, 0.3) is 22.4 Å². The van der Waals surface area contributed by atoms with Crippen molar-refractivity contribution < 1.29 is 0 Å². The summed E-state index contributed by atoms with van der Waals surface area (Å²) in [6.07, 6.45) is 3.67. The molecule has 3 heteroatoms. The largest absolute Gasteiger partial charge is 0.261 e. The van der Waals surface area contributed by atoms with Gasteiger partial charge in [-0.3, -0.25) is 9.97 Å². The van der Waals surface area contributed by atoms with Crippen molar-refractivity contribution in [1.29, 1.82) is 0 Å². The number of hydrogen-bond acceptors (Lipinski definition) is 2. The van der Waals surface area contributed by atoms with Gasteiger partial charge < -0.3 is 0 Å². The van der Waals surface area contributed by atoms with Gasteiger partial charge in [0, 0.05) is 39.7 Å². The van der Waals surface area contributed by atoms with Gasteiger partial charge in [0.05, 0.1) is 5.69 Å². The van der Waals surface area contributed by atoms with E-state index in [0.29, 0.717) is 0 Å². The third-order valence-electron chi connectivity index (χ3n) is 3.77. The molecular weight excluding hydrogens is 304 g/mol. The lowest BCUT2D eigenvalue weighted by Gasteiger charge is -2.18. The molecule has 0 radical (unpaired) electrons. The Balaban J connectivity index is 2.06. The molecule has 0 fully saturated rings. The van der Waals surface area contributed by atoms with E-state index in [0.717, 1.165) is 33.1 Å². The minimum Gasteiger partial charge on any atom is -0.261 e. The molecule has 23 heavy (non-hydrogen) atoms. The zero-order valence-electron chi connectivity index (χ0n) is 13.5. The number of benzene rings is 1. The maximum atomic E-state index is 6.31. The van der Waals surface area contributed by atoms with Crippen molar-refractivity contribution in [2.45, 2.75) is 26.2 Å². The van der Waals surface area contributed by atoms with E-state index in [-0.39, 0.29) is 5.41 Å². The van der Waals surface area contributed by atoms with Crippen LogP contribution in [0.2, 0.25) is 5.02 Å². The van der Waals surface area contributed by atoms with Gasteiger partial charge in [-0.2, -0.15) is 0 Å². The second kappa shape index (κ2) is 6.13. The minimum atomic E-state index is 0.0103. The SMILES string of the molecule is CC(C)(C)c1cc(-c2cc(-c3ccccc3Cl)ccn2)ccn1. The number of hydrogen-bond donors (Lipinski definition) is 0. The topological polar surface area (TPSA) is 25.8 Å². The summed E-state index contributed by atoms with van der Waals surface area (Å²) >= 11 is 6.31. The fourth-order valence-corrected chi connectivity index (χ4v) is 2.70. The summed E-state index contributed by atoms with van der Waals surface area (Å²) in [5.74, 6) is 0. The van der Waals surface area contributed by atoms with Gasteiger partial charge in [-0.15, -0.1) is 0 Å². The van der Waals surface area contributed by atoms with Crippen LogP contribution in [0.4, 0.5) is 0 Å². The number of halogens is 1. The quantitative estimate of drug-likeness (QED) is 0.599. The highest BCUT2D eigenvalue weighted by Gasteiger charge is 2.16. The molecule has 0 aliphatic carbocycles. The molecule has 2 nitrogen and oxygen atoms in total. The van der Waals surface area contributed by atoms with E-state index in [9.17, 15) is 0 Å². The van der Waals surface area contributed by atoms with E-state index in [2.05, 4.69) is 42.9 Å². The first-order valence-corrected chi connectivity index (χ1v) is 8.01. The van der Waals surface area contributed by atoms with Crippen molar-refractivity contribution >= 4 is 11.6 Å². The zero-order valence-corrected chi connectivity index (χ0v) is 14.3. The number of nitrogens with zero attached hydrogens (tertiary/aromatic N) is 2. The molecule has 3 rings (SSSR count). The second-order valence-electron chi connectivity index (χ2n) is 6.59. The van der Waals surface area contributed by atoms with Crippen LogP contribution in [-0.2, 0) is 5.41 Å². The molecule has 0 spiro atoms. The predicted octanol–water partition coefficient (Wildman–Crippen LogP) is 5.76. The van der Waals surface area contributed by atoms with E-state index in [4.69, 9.17) is 11.6 Å². The number of aromatic nitrogens is 2. The van der Waals surface area contributed by atoms with E-state index < -0.39 is 0 Å². The molecule has 0 unspecified atom stereocenters. The Kier molecular flexibility index (Phi) is 4.18. The normalized spacial score (nSPS) is 11.5. The molecule has 0 N–H and O–H groups in total. The molecule has 3 aromatic rings. The Morgan fingerprint density at radius 2 is 1.52 bits per heavy atom. The molecule has 0 aliphatic heterocycles. The molecule has 0 atom stereocenters. The highest BCUT2D eigenvalue weighted by molar-refractivity contribution is 6.33. The summed E-state index contributed by atoms with van der Waals surface area (Å²) in [6.45, 7) is 6.48. The maximum absolute atomic E-state index is 6.31. The van der Waals surface area contributed by atoms with E-state index >= 15 is 0 Å². The van der Waals surface area contributed by atoms with Gasteiger partial charge >= 0.3 is 0 Å². The van der Waals surface area contributed by atoms with E-state index in [1.54, 1.807) is 0 Å². The fourth-order valence-electron chi connectivity index (χ4n) is 2.45. The number of pyridine rings is 2. The highest BCUT2D eigenvalue weighted by Crippen LogP contribution is 2.30. The van der Waals surface area contributed by atoms with Gasteiger partial charge in [0.1, 0.15) is 0 Å². The molecule has 116 valence electrons. The third-order valence-corrected chi connectivity index (χ3v) is 4.10. The van der Waals surface area contributed by atoms with Crippen molar-refractivity contribution in [3.63, 3.8) is 0 Å². The van der Waals surface area contributed by atoms with Crippen LogP contribution >= 0.6 is 11.6 Å². The van der Waals surface area contributed by atoms with Gasteiger partial charge in [0.25, 0.3) is 0 Å². The van der Waals surface area contributed by atoms with Crippen LogP contribution in [0.1, 0.15) is 26.5 Å². The van der Waals surface area contributed by atoms with Gasteiger partial charge in [0.15, 0.2) is 0 Å². The second-order valence-corrected chi connectivity index (χ2v) is 7.00. The molecule has 2 heterocycles. The summed E-state index contributed by atoms with van der Waals surface area (Å²) in [5, 5.41) is 0.745. The molecule has 0 amide bonds. The first-order valence-electron chi connectivity index (χ1n) is 7.63. The van der Waals surface area contributed by atoms with E-state index in [1.807, 2.05) is 48.8 Å². The average Bonchev–Trinajstić information content (AvgIpc) is 2.55. The Hall–Kier alpha value is -2.19. The van der Waals surface area contributed by atoms with Crippen LogP contribution in [0.3, 0.4) is 0 Å². The lowest BCUT2D eigenvalue weighted by Crippen LogP contribution is -2.13. The van der Waals surface area contributed by atoms with Crippen LogP contribution in [0.15, 0.2) is 60.9 Å². The molecule has 0 saturated carbocycles. The highest BCUT2D eigenvalue weighted by atomic mass is 35.5. The van der Waals surface area contributed by atoms with Crippen LogP contribution in [0.5, 0.6) is 0 Å². The Morgan fingerprint density at radius 1 is 0.826 bits per heavy atom. The minimum absolute atomic E-state index is 0.0103. The number of rotatable bonds is 2. The standard InChI is InChI=1S/C20H19ClN2/c1-20(2,3)19-13-15(9-11-23-19)18-12-14(8-10-22-18)16-6-4-5-7-17(16)21/h4-13H,1-3H3. The monoisotopic (exact) mass is 322 g/mol. The van der Waals surface area contributed by atoms with Crippen molar-refractivity contribution in [2.75, 3.05) is 0 Å². The summed E-state index contributed by atoms with van der Waals surface area (Å²) in [4.78, 5) is 9.00. The third kappa shape index (κ3) is 3.43. The van der Waals surface area contributed by atoms with Gasteiger partial charge in [0.2, 0.25) is 0 Å². The maximum Gasteiger partial charge on any atom is 0.0709 e. The smallest absolute Gasteiger partial charge is 0.0709 e. The van der Waals surface area contributed by atoms with Crippen molar-refractivity contribution in [2.24, 2.45) is 0 Å². The summed E-state index contributed by atoms with van der Waals surface area (Å²) < 4.78 is 0. The summed E-state index contributed by atoms with van der Waals surface area (Å²) in [7, 11) is 0. The van der Waals surface area contributed by atoms with Gasteiger partial charge in [-0.25, -0.2) is 0 Å². The molecule has 0 saturated heterocycles. The Morgan fingerprint density at radius 3 is 2.26 bits per heavy atom. The molecular formula is C20H19ClN2. The fraction of sp³-hybridized carbons (Fsp3) is 0.200. The average molecular weight is 323 g/mol. The van der Waals surface area contributed by atoms with Crippen LogP contribution < -0.4 is 0 Å². The first kappa shape index (κ1) is 15.7. The van der Waals surface area contributed by atoms with Crippen LogP contribution in [-0.4, -0.2) is 9.97 Å². The van der Waals surface area contributed by atoms with Crippen molar-refractivity contribution in [3.05, 3.63) is 71.6 Å². The molecule has 0 aliphatic rings. The lowest BCUT2D eigenvalue weighted by atomic mass is 9.90. The van der Waals surface area contributed by atoms with E-state index in [1.165, 1.54) is 0 Å².